The first-order valence-electron chi connectivity index (χ1n) is 18.1. The minimum atomic E-state index is -4.58. The summed E-state index contributed by atoms with van der Waals surface area (Å²) in [5.41, 5.74) is -0.150. The molecule has 10 nitrogen and oxygen atoms in total. The third-order valence-electron chi connectivity index (χ3n) is 10.5. The molecule has 3 heterocycles. The Hall–Kier alpha value is -5.59. The number of methoxy groups -OCH3 is 1. The normalized spacial score (nSPS) is 25.4. The number of carbonyl (C=O) groups excluding carboxylic acids is 2. The van der Waals surface area contributed by atoms with E-state index in [1.807, 2.05) is 48.6 Å². The van der Waals surface area contributed by atoms with Crippen LogP contribution in [0.25, 0.3) is 22.2 Å². The van der Waals surface area contributed by atoms with Gasteiger partial charge in [0.05, 0.1) is 30.4 Å². The van der Waals surface area contributed by atoms with Crippen LogP contribution in [0.15, 0.2) is 91.0 Å². The molecule has 54 heavy (non-hydrogen) atoms. The summed E-state index contributed by atoms with van der Waals surface area (Å²) in [7, 11) is 1.56. The lowest BCUT2D eigenvalue weighted by atomic mass is 10.0. The van der Waals surface area contributed by atoms with Crippen molar-refractivity contribution in [3.05, 3.63) is 96.6 Å². The van der Waals surface area contributed by atoms with Gasteiger partial charge in [0.15, 0.2) is 0 Å². The summed E-state index contributed by atoms with van der Waals surface area (Å²) in [6.45, 7) is -0.0261. The van der Waals surface area contributed by atoms with Gasteiger partial charge in [-0.1, -0.05) is 61.4 Å². The minimum absolute atomic E-state index is 0.0261. The number of aliphatic carboxylic acids is 1. The smallest absolute Gasteiger partial charge is 0.416 e. The van der Waals surface area contributed by atoms with Crippen LogP contribution in [0, 0.1) is 5.92 Å². The molecule has 2 aliphatic heterocycles. The highest BCUT2D eigenvalue weighted by molar-refractivity contribution is 5.96. The van der Waals surface area contributed by atoms with Crippen LogP contribution >= 0.6 is 0 Å². The highest BCUT2D eigenvalue weighted by atomic mass is 19.4. The highest BCUT2D eigenvalue weighted by Crippen LogP contribution is 2.45. The molecular formula is C41H41F3N4O6. The average Bonchev–Trinajstić information content (AvgIpc) is 3.70. The van der Waals surface area contributed by atoms with E-state index in [9.17, 15) is 32.7 Å². The monoisotopic (exact) mass is 742 g/mol. The zero-order valence-electron chi connectivity index (χ0n) is 29.6. The third kappa shape index (κ3) is 7.71. The van der Waals surface area contributed by atoms with Crippen LogP contribution in [-0.2, 0) is 20.6 Å². The predicted molar refractivity (Wildman–Crippen MR) is 196 cm³/mol. The number of carboxylic acid groups (broad SMARTS) is 1. The number of carboxylic acids is 1. The molecule has 2 amide bonds. The maximum absolute atomic E-state index is 14.6. The molecule has 4 aromatic rings. The van der Waals surface area contributed by atoms with Gasteiger partial charge in [-0.05, 0) is 56.0 Å². The first kappa shape index (κ1) is 36.8. The van der Waals surface area contributed by atoms with Crippen molar-refractivity contribution >= 4 is 34.4 Å². The molecule has 13 heteroatoms. The van der Waals surface area contributed by atoms with E-state index < -0.39 is 59.2 Å². The molecule has 282 valence electrons. The van der Waals surface area contributed by atoms with Crippen molar-refractivity contribution in [2.24, 2.45) is 5.92 Å². The summed E-state index contributed by atoms with van der Waals surface area (Å²) >= 11 is 0. The molecule has 2 fully saturated rings. The Labute approximate surface area is 310 Å². The van der Waals surface area contributed by atoms with E-state index in [-0.39, 0.29) is 25.1 Å². The van der Waals surface area contributed by atoms with Gasteiger partial charge < -0.3 is 30.1 Å². The highest BCUT2D eigenvalue weighted by Gasteiger charge is 2.61. The SMILES string of the molecule is COc1ccc2c(O[C@@H]3C[C@H]4C(=O)N[C@]5(C(=O)O)C[C@H]5/C=C\CCCCC[C@H](Nc5cccc(C(F)(F)F)c5)C(=O)N4C3)cc(-c3ccccc3)nc2c1. The number of allylic oxidation sites excluding steroid dienone is 1. The Balaban J connectivity index is 1.24. The van der Waals surface area contributed by atoms with E-state index in [4.69, 9.17) is 14.5 Å². The summed E-state index contributed by atoms with van der Waals surface area (Å²) < 4.78 is 53.0. The molecule has 7 rings (SSSR count). The van der Waals surface area contributed by atoms with Crippen LogP contribution in [-0.4, -0.2) is 70.2 Å². The molecule has 0 spiro atoms. The standard InChI is InChI=1S/C41H41F3N4O6/c1-53-29-17-18-31-34(20-29)46-33(25-11-6-5-7-12-25)22-36(31)54-30-21-35-37(49)47-40(39(51)52)23-27(40)13-8-3-2-4-9-16-32(38(50)48(35)24-30)45-28-15-10-14-26(19-28)41(42,43)44/h5-8,10-15,17-20,22,27,30,32,35,45H,2-4,9,16,21,23-24H2,1H3,(H,47,49)(H,51,52)/b13-8-/t27-,30-,32+,35+,40-/m1/s1. The van der Waals surface area contributed by atoms with Gasteiger partial charge in [0.25, 0.3) is 0 Å². The molecule has 5 atom stereocenters. The number of anilines is 1. The Bertz CT molecular complexity index is 2080. The maximum Gasteiger partial charge on any atom is 0.416 e. The lowest BCUT2D eigenvalue weighted by Crippen LogP contribution is -2.55. The lowest BCUT2D eigenvalue weighted by Gasteiger charge is -2.30. The fourth-order valence-corrected chi connectivity index (χ4v) is 7.47. The van der Waals surface area contributed by atoms with Crippen LogP contribution in [0.4, 0.5) is 18.9 Å². The van der Waals surface area contributed by atoms with Crippen LogP contribution < -0.4 is 20.1 Å². The van der Waals surface area contributed by atoms with Gasteiger partial charge in [-0.25, -0.2) is 9.78 Å². The first-order valence-corrected chi connectivity index (χ1v) is 18.1. The maximum atomic E-state index is 14.6. The molecule has 3 N–H and O–H groups in total. The van der Waals surface area contributed by atoms with Gasteiger partial charge in [-0.15, -0.1) is 0 Å². The number of hydrogen-bond donors (Lipinski definition) is 3. The topological polar surface area (TPSA) is 130 Å². The minimum Gasteiger partial charge on any atom is -0.497 e. The molecule has 1 aliphatic carbocycles. The van der Waals surface area contributed by atoms with Gasteiger partial charge >= 0.3 is 12.1 Å². The number of nitrogens with one attached hydrogen (secondary N) is 2. The second kappa shape index (κ2) is 15.0. The molecule has 0 bridgehead atoms. The Morgan fingerprint density at radius 2 is 1.83 bits per heavy atom. The Morgan fingerprint density at radius 1 is 1.02 bits per heavy atom. The number of fused-ring (bicyclic) bond motifs is 3. The zero-order valence-corrected chi connectivity index (χ0v) is 29.6. The number of benzene rings is 3. The second-order valence-corrected chi connectivity index (χ2v) is 14.2. The van der Waals surface area contributed by atoms with Gasteiger partial charge in [0.1, 0.15) is 35.2 Å². The number of rotatable bonds is 7. The van der Waals surface area contributed by atoms with E-state index in [1.54, 1.807) is 25.3 Å². The van der Waals surface area contributed by atoms with E-state index in [1.165, 1.54) is 17.0 Å². The molecule has 1 aromatic heterocycles. The van der Waals surface area contributed by atoms with Gasteiger partial charge in [0, 0.05) is 41.1 Å². The van der Waals surface area contributed by atoms with E-state index in [2.05, 4.69) is 10.6 Å². The quantitative estimate of drug-likeness (QED) is 0.169. The lowest BCUT2D eigenvalue weighted by molar-refractivity contribution is -0.145. The van der Waals surface area contributed by atoms with Gasteiger partial charge in [-0.2, -0.15) is 13.2 Å². The van der Waals surface area contributed by atoms with Crippen molar-refractivity contribution in [1.29, 1.82) is 0 Å². The summed E-state index contributed by atoms with van der Waals surface area (Å²) in [5.74, 6) is -1.61. The molecule has 0 unspecified atom stereocenters. The molecule has 1 saturated carbocycles. The summed E-state index contributed by atoms with van der Waals surface area (Å²) in [4.78, 5) is 47.5. The number of amides is 2. The van der Waals surface area contributed by atoms with Crippen molar-refractivity contribution < 1.29 is 42.1 Å². The van der Waals surface area contributed by atoms with Crippen molar-refractivity contribution in [3.63, 3.8) is 0 Å². The van der Waals surface area contributed by atoms with E-state index in [0.29, 0.717) is 47.4 Å². The molecular weight excluding hydrogens is 701 g/mol. The number of aromatic nitrogens is 1. The molecule has 3 aromatic carbocycles. The number of halogens is 3. The largest absolute Gasteiger partial charge is 0.497 e. The number of alkyl halides is 3. The van der Waals surface area contributed by atoms with Crippen LogP contribution in [0.5, 0.6) is 11.5 Å². The fourth-order valence-electron chi connectivity index (χ4n) is 7.47. The van der Waals surface area contributed by atoms with Gasteiger partial charge in [0.2, 0.25) is 11.8 Å². The Morgan fingerprint density at radius 3 is 2.59 bits per heavy atom. The number of nitrogens with zero attached hydrogens (tertiary/aromatic N) is 2. The Kier molecular flexibility index (Phi) is 10.2. The fraction of sp³-hybridized carbons (Fsp3) is 0.366. The van der Waals surface area contributed by atoms with E-state index in [0.717, 1.165) is 30.5 Å². The van der Waals surface area contributed by atoms with Crippen molar-refractivity contribution in [2.45, 2.75) is 74.8 Å². The number of hydrogen-bond acceptors (Lipinski definition) is 7. The third-order valence-corrected chi connectivity index (χ3v) is 10.5. The van der Waals surface area contributed by atoms with Crippen LogP contribution in [0.2, 0.25) is 0 Å². The molecule has 1 saturated heterocycles. The average molecular weight is 743 g/mol. The zero-order chi connectivity index (χ0) is 38.0. The van der Waals surface area contributed by atoms with Gasteiger partial charge in [-0.3, -0.25) is 9.59 Å². The van der Waals surface area contributed by atoms with Crippen LogP contribution in [0.3, 0.4) is 0 Å². The summed E-state index contributed by atoms with van der Waals surface area (Å²) in [6, 6.07) is 19.3. The van der Waals surface area contributed by atoms with Crippen molar-refractivity contribution in [1.82, 2.24) is 15.2 Å². The van der Waals surface area contributed by atoms with Crippen LogP contribution in [0.1, 0.15) is 50.5 Å². The first-order chi connectivity index (χ1) is 25.9. The van der Waals surface area contributed by atoms with E-state index >= 15 is 0 Å². The number of ether oxygens (including phenoxy) is 2. The second-order valence-electron chi connectivity index (χ2n) is 14.2. The van der Waals surface area contributed by atoms with Crippen molar-refractivity contribution in [2.75, 3.05) is 19.0 Å². The molecule has 3 aliphatic rings. The summed E-state index contributed by atoms with van der Waals surface area (Å²) in [6.07, 6.45) is 1.85. The summed E-state index contributed by atoms with van der Waals surface area (Å²) in [5, 5.41) is 16.7. The number of pyridine rings is 1. The molecule has 0 radical (unpaired) electrons. The number of carbonyl (C=O) groups is 3. The predicted octanol–water partition coefficient (Wildman–Crippen LogP) is 7.24. The van der Waals surface area contributed by atoms with Crippen molar-refractivity contribution in [3.8, 4) is 22.8 Å².